The zero-order valence-corrected chi connectivity index (χ0v) is 16.8. The fraction of sp³-hybridized carbons (Fsp3) is 0.160. The average Bonchev–Trinajstić information content (AvgIpc) is 3.25. The summed E-state index contributed by atoms with van der Waals surface area (Å²) in [6.45, 7) is 2.79. The molecule has 3 heterocycles. The molecule has 148 valence electrons. The molecule has 30 heavy (non-hydrogen) atoms. The van der Waals surface area contributed by atoms with Crippen LogP contribution in [0.3, 0.4) is 0 Å². The van der Waals surface area contributed by atoms with E-state index in [-0.39, 0.29) is 5.91 Å². The number of aryl methyl sites for hydroxylation is 2. The van der Waals surface area contributed by atoms with Crippen molar-refractivity contribution < 1.29 is 4.79 Å². The number of nitrogens with zero attached hydrogens (tertiary/aromatic N) is 4. The molecule has 0 fully saturated rings. The summed E-state index contributed by atoms with van der Waals surface area (Å²) in [7, 11) is 0. The number of hydrogen-bond acceptors (Lipinski definition) is 3. The number of carbonyl (C=O) groups is 1. The fourth-order valence-electron chi connectivity index (χ4n) is 4.04. The van der Waals surface area contributed by atoms with E-state index >= 15 is 0 Å². The Kier molecular flexibility index (Phi) is 4.64. The standard InChI is InChI=1S/C25H22N4O/c1-18-11-12-23-19(15-18)8-6-14-28(23)25(30)22-17-29(21-9-3-2-4-10-21)27-24(22)20-7-5-13-26-16-20/h2-5,7,9-13,15-17H,6,8,14H2,1H3. The number of amides is 1. The molecule has 0 unspecified atom stereocenters. The van der Waals surface area contributed by atoms with Gasteiger partial charge in [0.05, 0.1) is 11.3 Å². The third kappa shape index (κ3) is 3.28. The molecule has 2 aromatic heterocycles. The summed E-state index contributed by atoms with van der Waals surface area (Å²) in [4.78, 5) is 19.9. The van der Waals surface area contributed by atoms with Gasteiger partial charge in [-0.1, -0.05) is 35.9 Å². The first-order valence-electron chi connectivity index (χ1n) is 10.2. The van der Waals surface area contributed by atoms with E-state index in [1.165, 1.54) is 11.1 Å². The number of hydrogen-bond donors (Lipinski definition) is 0. The fourth-order valence-corrected chi connectivity index (χ4v) is 4.04. The number of benzene rings is 2. The number of fused-ring (bicyclic) bond motifs is 1. The molecule has 5 heteroatoms. The van der Waals surface area contributed by atoms with Crippen LogP contribution in [0.15, 0.2) is 79.3 Å². The second kappa shape index (κ2) is 7.59. The van der Waals surface area contributed by atoms with Gasteiger partial charge in [0.1, 0.15) is 5.69 Å². The van der Waals surface area contributed by atoms with Gasteiger partial charge in [0, 0.05) is 36.4 Å². The van der Waals surface area contributed by atoms with Crippen LogP contribution in [0.25, 0.3) is 16.9 Å². The lowest BCUT2D eigenvalue weighted by molar-refractivity contribution is 0.0985. The second-order valence-corrected chi connectivity index (χ2v) is 7.61. The maximum absolute atomic E-state index is 13.7. The van der Waals surface area contributed by atoms with Crippen LogP contribution >= 0.6 is 0 Å². The Bertz CT molecular complexity index is 1200. The maximum Gasteiger partial charge on any atom is 0.262 e. The normalized spacial score (nSPS) is 13.2. The van der Waals surface area contributed by atoms with Gasteiger partial charge in [-0.15, -0.1) is 0 Å². The van der Waals surface area contributed by atoms with E-state index in [0.29, 0.717) is 17.8 Å². The largest absolute Gasteiger partial charge is 0.308 e. The lowest BCUT2D eigenvalue weighted by Crippen LogP contribution is -2.35. The second-order valence-electron chi connectivity index (χ2n) is 7.61. The van der Waals surface area contributed by atoms with Gasteiger partial charge in [-0.05, 0) is 55.7 Å². The highest BCUT2D eigenvalue weighted by atomic mass is 16.2. The summed E-state index contributed by atoms with van der Waals surface area (Å²) in [6.07, 6.45) is 7.27. The number of para-hydroxylation sites is 1. The summed E-state index contributed by atoms with van der Waals surface area (Å²) in [5.41, 5.74) is 6.43. The van der Waals surface area contributed by atoms with Crippen LogP contribution in [0.4, 0.5) is 5.69 Å². The van der Waals surface area contributed by atoms with Crippen LogP contribution in [0, 0.1) is 6.92 Å². The topological polar surface area (TPSA) is 51.0 Å². The van der Waals surface area contributed by atoms with E-state index in [1.807, 2.05) is 53.6 Å². The van der Waals surface area contributed by atoms with Gasteiger partial charge >= 0.3 is 0 Å². The van der Waals surface area contributed by atoms with Crippen molar-refractivity contribution in [3.63, 3.8) is 0 Å². The minimum atomic E-state index is -0.0270. The summed E-state index contributed by atoms with van der Waals surface area (Å²) >= 11 is 0. The van der Waals surface area contributed by atoms with Gasteiger partial charge in [0.15, 0.2) is 0 Å². The van der Waals surface area contributed by atoms with Crippen molar-refractivity contribution in [2.75, 3.05) is 11.4 Å². The highest BCUT2D eigenvalue weighted by Crippen LogP contribution is 2.31. The van der Waals surface area contributed by atoms with Crippen LogP contribution in [0.1, 0.15) is 27.9 Å². The Balaban J connectivity index is 1.62. The van der Waals surface area contributed by atoms with E-state index in [9.17, 15) is 4.79 Å². The first-order chi connectivity index (χ1) is 14.7. The predicted octanol–water partition coefficient (Wildman–Crippen LogP) is 4.84. The van der Waals surface area contributed by atoms with Gasteiger partial charge in [-0.2, -0.15) is 5.10 Å². The molecule has 0 radical (unpaired) electrons. The third-order valence-electron chi connectivity index (χ3n) is 5.50. The van der Waals surface area contributed by atoms with E-state index in [2.05, 4.69) is 30.1 Å². The van der Waals surface area contributed by atoms with Crippen molar-refractivity contribution in [2.45, 2.75) is 19.8 Å². The van der Waals surface area contributed by atoms with Gasteiger partial charge in [-0.25, -0.2) is 4.68 Å². The minimum Gasteiger partial charge on any atom is -0.308 e. The zero-order valence-electron chi connectivity index (χ0n) is 16.8. The predicted molar refractivity (Wildman–Crippen MR) is 118 cm³/mol. The van der Waals surface area contributed by atoms with E-state index in [4.69, 9.17) is 5.10 Å². The van der Waals surface area contributed by atoms with Gasteiger partial charge in [0.25, 0.3) is 5.91 Å². The number of pyridine rings is 1. The first-order valence-corrected chi connectivity index (χ1v) is 10.2. The molecule has 0 atom stereocenters. The van der Waals surface area contributed by atoms with Crippen molar-refractivity contribution in [2.24, 2.45) is 0 Å². The Morgan fingerprint density at radius 1 is 1.03 bits per heavy atom. The molecule has 1 aliphatic rings. The lowest BCUT2D eigenvalue weighted by Gasteiger charge is -2.29. The molecular formula is C25H22N4O. The lowest BCUT2D eigenvalue weighted by atomic mass is 9.98. The molecule has 0 N–H and O–H groups in total. The molecule has 5 nitrogen and oxygen atoms in total. The number of carbonyl (C=O) groups excluding carboxylic acids is 1. The Morgan fingerprint density at radius 2 is 1.90 bits per heavy atom. The van der Waals surface area contributed by atoms with Crippen molar-refractivity contribution in [3.05, 3.63) is 95.9 Å². The highest BCUT2D eigenvalue weighted by Gasteiger charge is 2.28. The Morgan fingerprint density at radius 3 is 2.70 bits per heavy atom. The molecule has 1 aliphatic heterocycles. The highest BCUT2D eigenvalue weighted by molar-refractivity contribution is 6.10. The summed E-state index contributed by atoms with van der Waals surface area (Å²) < 4.78 is 1.77. The molecule has 0 spiro atoms. The number of aromatic nitrogens is 3. The van der Waals surface area contributed by atoms with Crippen molar-refractivity contribution in [1.82, 2.24) is 14.8 Å². The van der Waals surface area contributed by atoms with Crippen LogP contribution in [0.2, 0.25) is 0 Å². The van der Waals surface area contributed by atoms with Crippen LogP contribution in [-0.2, 0) is 6.42 Å². The van der Waals surface area contributed by atoms with Gasteiger partial charge in [0.2, 0.25) is 0 Å². The molecule has 4 aromatic rings. The molecule has 0 saturated heterocycles. The molecule has 0 aliphatic carbocycles. The summed E-state index contributed by atoms with van der Waals surface area (Å²) in [5, 5.41) is 4.77. The van der Waals surface area contributed by atoms with Gasteiger partial charge < -0.3 is 4.90 Å². The SMILES string of the molecule is Cc1ccc2c(c1)CCCN2C(=O)c1cn(-c2ccccc2)nc1-c1cccnc1. The van der Waals surface area contributed by atoms with E-state index in [0.717, 1.165) is 29.8 Å². The molecule has 2 aromatic carbocycles. The Hall–Kier alpha value is -3.73. The average molecular weight is 394 g/mol. The minimum absolute atomic E-state index is 0.0270. The van der Waals surface area contributed by atoms with Crippen molar-refractivity contribution in [3.8, 4) is 16.9 Å². The third-order valence-corrected chi connectivity index (χ3v) is 5.50. The molecular weight excluding hydrogens is 372 g/mol. The van der Waals surface area contributed by atoms with Crippen LogP contribution < -0.4 is 4.90 Å². The summed E-state index contributed by atoms with van der Waals surface area (Å²) in [6, 6.07) is 20.0. The maximum atomic E-state index is 13.7. The van der Waals surface area contributed by atoms with E-state index < -0.39 is 0 Å². The van der Waals surface area contributed by atoms with Crippen molar-refractivity contribution in [1.29, 1.82) is 0 Å². The van der Waals surface area contributed by atoms with Crippen LogP contribution in [0.5, 0.6) is 0 Å². The molecule has 1 amide bonds. The number of anilines is 1. The smallest absolute Gasteiger partial charge is 0.262 e. The zero-order chi connectivity index (χ0) is 20.5. The van der Waals surface area contributed by atoms with E-state index in [1.54, 1.807) is 17.1 Å². The Labute approximate surface area is 175 Å². The first kappa shape index (κ1) is 18.3. The quantitative estimate of drug-likeness (QED) is 0.500. The van der Waals surface area contributed by atoms with Crippen molar-refractivity contribution >= 4 is 11.6 Å². The van der Waals surface area contributed by atoms with Gasteiger partial charge in [-0.3, -0.25) is 9.78 Å². The monoisotopic (exact) mass is 394 g/mol. The molecule has 0 bridgehead atoms. The number of rotatable bonds is 3. The summed E-state index contributed by atoms with van der Waals surface area (Å²) in [5.74, 6) is -0.0270. The molecule has 0 saturated carbocycles. The molecule has 5 rings (SSSR count). The van der Waals surface area contributed by atoms with Crippen LogP contribution in [-0.4, -0.2) is 27.2 Å².